The molecule has 0 atom stereocenters. The number of hydrogen-bond acceptors (Lipinski definition) is 5. The molecule has 7 heteroatoms. The van der Waals surface area contributed by atoms with Crippen molar-refractivity contribution >= 4 is 29.2 Å². The summed E-state index contributed by atoms with van der Waals surface area (Å²) in [5.41, 5.74) is 0.719. The van der Waals surface area contributed by atoms with E-state index >= 15 is 0 Å². The van der Waals surface area contributed by atoms with Gasteiger partial charge in [0.25, 0.3) is 0 Å². The Morgan fingerprint density at radius 1 is 1.16 bits per heavy atom. The molecule has 0 aromatic heterocycles. The zero-order chi connectivity index (χ0) is 22.4. The van der Waals surface area contributed by atoms with Gasteiger partial charge in [0.05, 0.1) is 19.1 Å². The van der Waals surface area contributed by atoms with Crippen LogP contribution in [0.15, 0.2) is 42.5 Å². The van der Waals surface area contributed by atoms with E-state index < -0.39 is 11.4 Å². The standard InChI is InChI=1S/C24H28ClNO5/c1-16(2)15-31-21-9-8-17(14-18(21)22(27)29-3)26-23(28)24(10-12-30-13-11-24)19-6-4-5-7-20(19)25/h4-9,14,16H,10-13,15H2,1-3H3,(H,26,28). The molecule has 6 nitrogen and oxygen atoms in total. The van der Waals surface area contributed by atoms with E-state index in [9.17, 15) is 9.59 Å². The third kappa shape index (κ3) is 5.20. The molecule has 0 radical (unpaired) electrons. The number of halogens is 1. The van der Waals surface area contributed by atoms with Crippen LogP contribution in [0.1, 0.15) is 42.6 Å². The van der Waals surface area contributed by atoms with Crippen LogP contribution in [-0.4, -0.2) is 38.8 Å². The number of benzene rings is 2. The summed E-state index contributed by atoms with van der Waals surface area (Å²) in [5.74, 6) is 0.0108. The minimum Gasteiger partial charge on any atom is -0.492 e. The van der Waals surface area contributed by atoms with Crippen LogP contribution >= 0.6 is 11.6 Å². The second-order valence-corrected chi connectivity index (χ2v) is 8.44. The Labute approximate surface area is 187 Å². The van der Waals surface area contributed by atoms with Crippen LogP contribution in [0.3, 0.4) is 0 Å². The zero-order valence-electron chi connectivity index (χ0n) is 18.1. The highest BCUT2D eigenvalue weighted by Gasteiger charge is 2.43. The summed E-state index contributed by atoms with van der Waals surface area (Å²) < 4.78 is 16.2. The van der Waals surface area contributed by atoms with Gasteiger partial charge in [-0.25, -0.2) is 4.79 Å². The molecular weight excluding hydrogens is 418 g/mol. The summed E-state index contributed by atoms with van der Waals surface area (Å²) >= 11 is 6.46. The first-order chi connectivity index (χ1) is 14.9. The Hall–Kier alpha value is -2.57. The number of rotatable bonds is 7. The van der Waals surface area contributed by atoms with Crippen molar-refractivity contribution in [2.45, 2.75) is 32.1 Å². The van der Waals surface area contributed by atoms with Gasteiger partial charge in [-0.05, 0) is 48.6 Å². The zero-order valence-corrected chi connectivity index (χ0v) is 18.8. The number of anilines is 1. The van der Waals surface area contributed by atoms with E-state index in [1.54, 1.807) is 24.3 Å². The Bertz CT molecular complexity index is 937. The molecule has 2 aromatic carbocycles. The molecule has 0 unspecified atom stereocenters. The summed E-state index contributed by atoms with van der Waals surface area (Å²) in [6.45, 7) is 5.44. The number of esters is 1. The largest absolute Gasteiger partial charge is 0.492 e. The van der Waals surface area contributed by atoms with Crippen molar-refractivity contribution in [1.82, 2.24) is 0 Å². The fourth-order valence-electron chi connectivity index (χ4n) is 3.70. The summed E-state index contributed by atoms with van der Waals surface area (Å²) in [6.07, 6.45) is 1.03. The summed E-state index contributed by atoms with van der Waals surface area (Å²) in [6, 6.07) is 12.4. The van der Waals surface area contributed by atoms with Gasteiger partial charge in [0, 0.05) is 23.9 Å². The van der Waals surface area contributed by atoms with Crippen molar-refractivity contribution < 1.29 is 23.8 Å². The van der Waals surface area contributed by atoms with E-state index in [1.165, 1.54) is 7.11 Å². The molecular formula is C24H28ClNO5. The van der Waals surface area contributed by atoms with Crippen molar-refractivity contribution in [1.29, 1.82) is 0 Å². The van der Waals surface area contributed by atoms with Crippen LogP contribution in [0.25, 0.3) is 0 Å². The lowest BCUT2D eigenvalue weighted by atomic mass is 9.73. The van der Waals surface area contributed by atoms with Gasteiger partial charge in [0.15, 0.2) is 0 Å². The number of amides is 1. The molecule has 1 fully saturated rings. The second kappa shape index (κ2) is 10.2. The van der Waals surface area contributed by atoms with Gasteiger partial charge in [-0.3, -0.25) is 4.79 Å². The maximum atomic E-state index is 13.5. The quantitative estimate of drug-likeness (QED) is 0.617. The number of carbonyl (C=O) groups excluding carboxylic acids is 2. The van der Waals surface area contributed by atoms with E-state index in [4.69, 9.17) is 25.8 Å². The molecule has 1 N–H and O–H groups in total. The van der Waals surface area contributed by atoms with Crippen LogP contribution in [-0.2, 0) is 19.7 Å². The number of hydrogen-bond donors (Lipinski definition) is 1. The molecule has 1 aliphatic rings. The Kier molecular flexibility index (Phi) is 7.57. The first kappa shape index (κ1) is 23.1. The predicted octanol–water partition coefficient (Wildman–Crippen LogP) is 4.85. The van der Waals surface area contributed by atoms with Crippen molar-refractivity contribution in [3.63, 3.8) is 0 Å². The van der Waals surface area contributed by atoms with E-state index in [-0.39, 0.29) is 11.5 Å². The van der Waals surface area contributed by atoms with Crippen LogP contribution in [0, 0.1) is 5.92 Å². The first-order valence-electron chi connectivity index (χ1n) is 10.4. The first-order valence-corrected chi connectivity index (χ1v) is 10.7. The maximum absolute atomic E-state index is 13.5. The van der Waals surface area contributed by atoms with Crippen LogP contribution in [0.2, 0.25) is 5.02 Å². The lowest BCUT2D eigenvalue weighted by Gasteiger charge is -2.36. The molecule has 2 aromatic rings. The molecule has 166 valence electrons. The van der Waals surface area contributed by atoms with Crippen LogP contribution in [0.5, 0.6) is 5.75 Å². The smallest absolute Gasteiger partial charge is 0.341 e. The molecule has 1 saturated heterocycles. The molecule has 0 saturated carbocycles. The van der Waals surface area contributed by atoms with Crippen molar-refractivity contribution in [2.75, 3.05) is 32.2 Å². The highest BCUT2D eigenvalue weighted by molar-refractivity contribution is 6.31. The van der Waals surface area contributed by atoms with E-state index in [0.717, 1.165) is 5.56 Å². The second-order valence-electron chi connectivity index (χ2n) is 8.04. The van der Waals surface area contributed by atoms with Crippen LogP contribution < -0.4 is 10.1 Å². The lowest BCUT2D eigenvalue weighted by Crippen LogP contribution is -2.45. The van der Waals surface area contributed by atoms with Crippen molar-refractivity contribution in [3.8, 4) is 5.75 Å². The SMILES string of the molecule is COC(=O)c1cc(NC(=O)C2(c3ccccc3Cl)CCOCC2)ccc1OCC(C)C. The number of carbonyl (C=O) groups is 2. The highest BCUT2D eigenvalue weighted by atomic mass is 35.5. The molecule has 0 aliphatic carbocycles. The van der Waals surface area contributed by atoms with E-state index in [1.807, 2.05) is 32.0 Å². The molecule has 3 rings (SSSR count). The molecule has 31 heavy (non-hydrogen) atoms. The predicted molar refractivity (Wildman–Crippen MR) is 120 cm³/mol. The third-order valence-electron chi connectivity index (χ3n) is 5.39. The summed E-state index contributed by atoms with van der Waals surface area (Å²) in [4.78, 5) is 25.8. The number of nitrogens with one attached hydrogen (secondary N) is 1. The van der Waals surface area contributed by atoms with E-state index in [2.05, 4.69) is 5.32 Å². The topological polar surface area (TPSA) is 73.9 Å². The molecule has 0 bridgehead atoms. The number of methoxy groups -OCH3 is 1. The monoisotopic (exact) mass is 445 g/mol. The van der Waals surface area contributed by atoms with Gasteiger partial charge in [-0.1, -0.05) is 43.6 Å². The van der Waals surface area contributed by atoms with E-state index in [0.29, 0.717) is 55.0 Å². The van der Waals surface area contributed by atoms with Gasteiger partial charge >= 0.3 is 5.97 Å². The Morgan fingerprint density at radius 3 is 2.52 bits per heavy atom. The molecule has 1 aliphatic heterocycles. The van der Waals surface area contributed by atoms with Gasteiger partial charge in [-0.15, -0.1) is 0 Å². The maximum Gasteiger partial charge on any atom is 0.341 e. The Morgan fingerprint density at radius 2 is 1.87 bits per heavy atom. The fraction of sp³-hybridized carbons (Fsp3) is 0.417. The third-order valence-corrected chi connectivity index (χ3v) is 5.71. The van der Waals surface area contributed by atoms with Gasteiger partial charge in [0.2, 0.25) is 5.91 Å². The van der Waals surface area contributed by atoms with Crippen LogP contribution in [0.4, 0.5) is 5.69 Å². The van der Waals surface area contributed by atoms with Gasteiger partial charge in [-0.2, -0.15) is 0 Å². The lowest BCUT2D eigenvalue weighted by molar-refractivity contribution is -0.125. The number of ether oxygens (including phenoxy) is 3. The molecule has 0 spiro atoms. The molecule has 1 heterocycles. The summed E-state index contributed by atoms with van der Waals surface area (Å²) in [7, 11) is 1.31. The minimum absolute atomic E-state index is 0.185. The average Bonchev–Trinajstić information content (AvgIpc) is 2.78. The Balaban J connectivity index is 1.91. The highest BCUT2D eigenvalue weighted by Crippen LogP contribution is 2.40. The fourth-order valence-corrected chi connectivity index (χ4v) is 4.01. The minimum atomic E-state index is -0.811. The normalized spacial score (nSPS) is 15.4. The molecule has 1 amide bonds. The van der Waals surface area contributed by atoms with Crippen molar-refractivity contribution in [3.05, 3.63) is 58.6 Å². The van der Waals surface area contributed by atoms with Gasteiger partial charge < -0.3 is 19.5 Å². The van der Waals surface area contributed by atoms with Gasteiger partial charge in [0.1, 0.15) is 11.3 Å². The van der Waals surface area contributed by atoms with Crippen molar-refractivity contribution in [2.24, 2.45) is 5.92 Å². The average molecular weight is 446 g/mol. The summed E-state index contributed by atoms with van der Waals surface area (Å²) in [5, 5.41) is 3.52.